The smallest absolute Gasteiger partial charge is 0.321 e. The highest BCUT2D eigenvalue weighted by Crippen LogP contribution is 2.35. The lowest BCUT2D eigenvalue weighted by atomic mass is 10.1. The number of urea groups is 1. The number of nitrogens with zero attached hydrogens (tertiary/aromatic N) is 1. The van der Waals surface area contributed by atoms with E-state index < -0.39 is 6.03 Å². The number of carbonyl (C=O) groups is 2. The molecule has 2 rings (SSSR count). The van der Waals surface area contributed by atoms with E-state index in [0.717, 1.165) is 0 Å². The molecule has 132 valence electrons. The topological polar surface area (TPSA) is 61.4 Å². The summed E-state index contributed by atoms with van der Waals surface area (Å²) in [6.07, 6.45) is 2.44. The Morgan fingerprint density at radius 3 is 2.38 bits per heavy atom. The van der Waals surface area contributed by atoms with Crippen molar-refractivity contribution in [3.63, 3.8) is 0 Å². The lowest BCUT2D eigenvalue weighted by Crippen LogP contribution is -2.51. The summed E-state index contributed by atoms with van der Waals surface area (Å²) in [7, 11) is 0. The van der Waals surface area contributed by atoms with E-state index in [0.29, 0.717) is 18.5 Å². The van der Waals surface area contributed by atoms with Gasteiger partial charge in [0.25, 0.3) is 0 Å². The van der Waals surface area contributed by atoms with Crippen LogP contribution in [0.3, 0.4) is 0 Å². The molecular formula is C19H29N3O2. The molecule has 0 heterocycles. The van der Waals surface area contributed by atoms with Crippen LogP contribution in [0, 0.1) is 5.92 Å². The number of benzene rings is 1. The maximum Gasteiger partial charge on any atom is 0.321 e. The van der Waals surface area contributed by atoms with Crippen LogP contribution in [-0.4, -0.2) is 35.0 Å². The predicted octanol–water partition coefficient (Wildman–Crippen LogP) is 2.91. The Bertz CT molecular complexity index is 562. The van der Waals surface area contributed by atoms with Gasteiger partial charge < -0.3 is 5.32 Å². The quantitative estimate of drug-likeness (QED) is 0.842. The summed E-state index contributed by atoms with van der Waals surface area (Å²) in [4.78, 5) is 26.3. The summed E-state index contributed by atoms with van der Waals surface area (Å²) in [6, 6.07) is 10.0. The predicted molar refractivity (Wildman–Crippen MR) is 95.5 cm³/mol. The largest absolute Gasteiger partial charge is 0.333 e. The van der Waals surface area contributed by atoms with Gasteiger partial charge in [0.05, 0.1) is 6.54 Å². The number of rotatable bonds is 6. The first-order valence-electron chi connectivity index (χ1n) is 8.64. The zero-order chi connectivity index (χ0) is 17.7. The van der Waals surface area contributed by atoms with Gasteiger partial charge in [-0.15, -0.1) is 0 Å². The van der Waals surface area contributed by atoms with Gasteiger partial charge in [-0.3, -0.25) is 15.0 Å². The van der Waals surface area contributed by atoms with Crippen LogP contribution in [0.15, 0.2) is 30.3 Å². The van der Waals surface area contributed by atoms with E-state index in [1.807, 2.05) is 39.0 Å². The van der Waals surface area contributed by atoms with Gasteiger partial charge in [-0.2, -0.15) is 0 Å². The first-order valence-corrected chi connectivity index (χ1v) is 8.64. The van der Waals surface area contributed by atoms with Crippen molar-refractivity contribution in [3.05, 3.63) is 35.9 Å². The molecule has 1 aromatic carbocycles. The van der Waals surface area contributed by atoms with Crippen molar-refractivity contribution in [1.82, 2.24) is 15.5 Å². The third kappa shape index (κ3) is 6.32. The van der Waals surface area contributed by atoms with E-state index >= 15 is 0 Å². The molecule has 1 unspecified atom stereocenters. The van der Waals surface area contributed by atoms with Crippen molar-refractivity contribution in [3.8, 4) is 0 Å². The van der Waals surface area contributed by atoms with Crippen molar-refractivity contribution in [2.24, 2.45) is 5.92 Å². The second-order valence-electron chi connectivity index (χ2n) is 7.72. The molecule has 0 aliphatic heterocycles. The fourth-order valence-corrected chi connectivity index (χ4v) is 2.76. The summed E-state index contributed by atoms with van der Waals surface area (Å²) >= 11 is 0. The van der Waals surface area contributed by atoms with Crippen LogP contribution < -0.4 is 10.6 Å². The molecule has 5 nitrogen and oxygen atoms in total. The van der Waals surface area contributed by atoms with Crippen molar-refractivity contribution < 1.29 is 9.59 Å². The molecule has 1 aromatic rings. The van der Waals surface area contributed by atoms with Crippen molar-refractivity contribution in [1.29, 1.82) is 0 Å². The SMILES string of the molecule is CC(C1CC1)N(CC(=O)NC(=O)NC(C)(C)C)Cc1ccccc1. The molecule has 1 fully saturated rings. The summed E-state index contributed by atoms with van der Waals surface area (Å²) in [5, 5.41) is 5.18. The van der Waals surface area contributed by atoms with Crippen LogP contribution in [0.4, 0.5) is 4.79 Å². The minimum Gasteiger partial charge on any atom is -0.333 e. The maximum atomic E-state index is 12.3. The van der Waals surface area contributed by atoms with Crippen molar-refractivity contribution >= 4 is 11.9 Å². The first kappa shape index (κ1) is 18.5. The number of carbonyl (C=O) groups excluding carboxylic acids is 2. The normalized spacial score (nSPS) is 15.9. The van der Waals surface area contributed by atoms with Crippen LogP contribution in [0.5, 0.6) is 0 Å². The van der Waals surface area contributed by atoms with E-state index in [2.05, 4.69) is 34.6 Å². The maximum absolute atomic E-state index is 12.3. The van der Waals surface area contributed by atoms with Crippen molar-refractivity contribution in [2.45, 2.75) is 58.7 Å². The molecule has 0 bridgehead atoms. The summed E-state index contributed by atoms with van der Waals surface area (Å²) in [5.74, 6) is 0.394. The van der Waals surface area contributed by atoms with Gasteiger partial charge in [0, 0.05) is 18.1 Å². The molecule has 3 amide bonds. The highest BCUT2D eigenvalue weighted by atomic mass is 16.2. The molecule has 1 atom stereocenters. The van der Waals surface area contributed by atoms with Crippen LogP contribution in [0.25, 0.3) is 0 Å². The van der Waals surface area contributed by atoms with E-state index in [1.165, 1.54) is 18.4 Å². The summed E-state index contributed by atoms with van der Waals surface area (Å²) in [6.45, 7) is 8.76. The standard InChI is InChI=1S/C19H29N3O2/c1-14(16-10-11-16)22(12-15-8-6-5-7-9-15)13-17(23)20-18(24)21-19(2,3)4/h5-9,14,16H,10-13H2,1-4H3,(H2,20,21,23,24). The van der Waals surface area contributed by atoms with Gasteiger partial charge in [-0.25, -0.2) is 4.79 Å². The summed E-state index contributed by atoms with van der Waals surface area (Å²) in [5.41, 5.74) is 0.812. The number of hydrogen-bond donors (Lipinski definition) is 2. The molecule has 24 heavy (non-hydrogen) atoms. The van der Waals surface area contributed by atoms with Gasteiger partial charge >= 0.3 is 6.03 Å². The fourth-order valence-electron chi connectivity index (χ4n) is 2.76. The average Bonchev–Trinajstić information content (AvgIpc) is 3.29. The number of imide groups is 1. The fraction of sp³-hybridized carbons (Fsp3) is 0.579. The molecular weight excluding hydrogens is 302 g/mol. The second-order valence-corrected chi connectivity index (χ2v) is 7.72. The molecule has 0 saturated heterocycles. The monoisotopic (exact) mass is 331 g/mol. The molecule has 5 heteroatoms. The Balaban J connectivity index is 1.94. The molecule has 1 saturated carbocycles. The Morgan fingerprint density at radius 1 is 1.21 bits per heavy atom. The van der Waals surface area contributed by atoms with Gasteiger partial charge in [0.1, 0.15) is 0 Å². The minimum absolute atomic E-state index is 0.226. The van der Waals surface area contributed by atoms with Crippen LogP contribution in [0.1, 0.15) is 46.1 Å². The number of nitrogens with one attached hydrogen (secondary N) is 2. The summed E-state index contributed by atoms with van der Waals surface area (Å²) < 4.78 is 0. The zero-order valence-electron chi connectivity index (χ0n) is 15.1. The van der Waals surface area contributed by atoms with Gasteiger partial charge in [0.15, 0.2) is 0 Å². The van der Waals surface area contributed by atoms with E-state index in [4.69, 9.17) is 0 Å². The van der Waals surface area contributed by atoms with Crippen LogP contribution >= 0.6 is 0 Å². The van der Waals surface area contributed by atoms with Crippen LogP contribution in [0.2, 0.25) is 0 Å². The van der Waals surface area contributed by atoms with Gasteiger partial charge in [0.2, 0.25) is 5.91 Å². The number of hydrogen-bond acceptors (Lipinski definition) is 3. The van der Waals surface area contributed by atoms with Crippen LogP contribution in [-0.2, 0) is 11.3 Å². The van der Waals surface area contributed by atoms with Gasteiger partial charge in [-0.05, 0) is 52.0 Å². The van der Waals surface area contributed by atoms with E-state index in [9.17, 15) is 9.59 Å². The lowest BCUT2D eigenvalue weighted by molar-refractivity contribution is -0.121. The Kier molecular flexibility index (Phi) is 5.99. The average molecular weight is 331 g/mol. The third-order valence-corrected chi connectivity index (χ3v) is 4.20. The molecule has 0 aromatic heterocycles. The molecule has 1 aliphatic rings. The third-order valence-electron chi connectivity index (χ3n) is 4.20. The van der Waals surface area contributed by atoms with Crippen molar-refractivity contribution in [2.75, 3.05) is 6.54 Å². The molecule has 1 aliphatic carbocycles. The molecule has 0 radical (unpaired) electrons. The highest BCUT2D eigenvalue weighted by Gasteiger charge is 2.33. The minimum atomic E-state index is -0.439. The van der Waals surface area contributed by atoms with E-state index in [-0.39, 0.29) is 18.0 Å². The Morgan fingerprint density at radius 2 is 1.83 bits per heavy atom. The first-order chi connectivity index (χ1) is 11.2. The van der Waals surface area contributed by atoms with Gasteiger partial charge in [-0.1, -0.05) is 30.3 Å². The molecule has 0 spiro atoms. The zero-order valence-corrected chi connectivity index (χ0v) is 15.1. The van der Waals surface area contributed by atoms with E-state index in [1.54, 1.807) is 0 Å². The Labute approximate surface area is 144 Å². The molecule has 2 N–H and O–H groups in total. The second kappa shape index (κ2) is 7.79. The lowest BCUT2D eigenvalue weighted by Gasteiger charge is -2.29. The number of amides is 3. The highest BCUT2D eigenvalue weighted by molar-refractivity contribution is 5.95. The Hall–Kier alpha value is -1.88.